The van der Waals surface area contributed by atoms with Gasteiger partial charge in [-0.25, -0.2) is 0 Å². The van der Waals surface area contributed by atoms with Gasteiger partial charge in [0, 0.05) is 0 Å². The van der Waals surface area contributed by atoms with E-state index in [1.54, 1.807) is 0 Å². The zero-order chi connectivity index (χ0) is 10.0. The van der Waals surface area contributed by atoms with Crippen LogP contribution in [-0.4, -0.2) is 12.0 Å². The van der Waals surface area contributed by atoms with Gasteiger partial charge in [0.25, 0.3) is 5.69 Å². The van der Waals surface area contributed by atoms with Gasteiger partial charge in [-0.1, -0.05) is 0 Å². The summed E-state index contributed by atoms with van der Waals surface area (Å²) in [6.45, 7) is 0. The van der Waals surface area contributed by atoms with Crippen molar-refractivity contribution in [3.63, 3.8) is 0 Å². The molecule has 0 heterocycles. The molecule has 13 heavy (non-hydrogen) atoms. The van der Waals surface area contributed by atoms with Crippen LogP contribution in [0.25, 0.3) is 0 Å². The van der Waals surface area contributed by atoms with Crippen molar-refractivity contribution < 1.29 is 9.66 Å². The SMILES string of the molecule is COc1cc([N+](=O)[O-])c(N)cc1N. The number of hydrogen-bond acceptors (Lipinski definition) is 5. The van der Waals surface area contributed by atoms with E-state index in [-0.39, 0.29) is 22.8 Å². The monoisotopic (exact) mass is 183 g/mol. The molecule has 1 aromatic rings. The first-order valence-electron chi connectivity index (χ1n) is 3.43. The molecule has 0 spiro atoms. The van der Waals surface area contributed by atoms with Crippen molar-refractivity contribution in [3.05, 3.63) is 22.2 Å². The third-order valence-corrected chi connectivity index (χ3v) is 1.58. The molecular weight excluding hydrogens is 174 g/mol. The van der Waals surface area contributed by atoms with E-state index in [1.807, 2.05) is 0 Å². The molecule has 0 amide bonds. The summed E-state index contributed by atoms with van der Waals surface area (Å²) in [5.41, 5.74) is 11.0. The maximum atomic E-state index is 10.4. The van der Waals surface area contributed by atoms with Gasteiger partial charge in [-0.05, 0) is 6.07 Å². The normalized spacial score (nSPS) is 9.62. The predicted molar refractivity (Wildman–Crippen MR) is 48.5 cm³/mol. The molecule has 0 aliphatic rings. The van der Waals surface area contributed by atoms with Crippen LogP contribution in [0.15, 0.2) is 12.1 Å². The minimum absolute atomic E-state index is 0.0308. The van der Waals surface area contributed by atoms with E-state index in [0.29, 0.717) is 0 Å². The molecule has 0 atom stereocenters. The number of anilines is 2. The highest BCUT2D eigenvalue weighted by Gasteiger charge is 2.14. The van der Waals surface area contributed by atoms with Crippen LogP contribution < -0.4 is 16.2 Å². The highest BCUT2D eigenvalue weighted by atomic mass is 16.6. The number of rotatable bonds is 2. The van der Waals surface area contributed by atoms with Gasteiger partial charge in [-0.15, -0.1) is 0 Å². The molecule has 4 N–H and O–H groups in total. The number of nitrogens with two attached hydrogens (primary N) is 2. The second kappa shape index (κ2) is 3.18. The average molecular weight is 183 g/mol. The number of methoxy groups -OCH3 is 1. The molecule has 0 aliphatic carbocycles. The van der Waals surface area contributed by atoms with Crippen molar-refractivity contribution in [2.24, 2.45) is 0 Å². The quantitative estimate of drug-likeness (QED) is 0.400. The second-order valence-corrected chi connectivity index (χ2v) is 2.41. The number of nitrogens with zero attached hydrogens (tertiary/aromatic N) is 1. The fourth-order valence-corrected chi connectivity index (χ4v) is 0.938. The number of hydrogen-bond donors (Lipinski definition) is 2. The van der Waals surface area contributed by atoms with E-state index >= 15 is 0 Å². The first kappa shape index (κ1) is 9.11. The number of nitrogen functional groups attached to an aromatic ring is 2. The Morgan fingerprint density at radius 2 is 2.00 bits per heavy atom. The van der Waals surface area contributed by atoms with Crippen molar-refractivity contribution >= 4 is 17.1 Å². The van der Waals surface area contributed by atoms with E-state index in [9.17, 15) is 10.1 Å². The number of nitro groups is 1. The summed E-state index contributed by atoms with van der Waals surface area (Å²) >= 11 is 0. The maximum Gasteiger partial charge on any atom is 0.295 e. The van der Waals surface area contributed by atoms with Gasteiger partial charge in [0.1, 0.15) is 11.4 Å². The minimum Gasteiger partial charge on any atom is -0.494 e. The van der Waals surface area contributed by atoms with Crippen LogP contribution in [0, 0.1) is 10.1 Å². The van der Waals surface area contributed by atoms with E-state index in [4.69, 9.17) is 16.2 Å². The van der Waals surface area contributed by atoms with Crippen LogP contribution in [0.1, 0.15) is 0 Å². The second-order valence-electron chi connectivity index (χ2n) is 2.41. The zero-order valence-electron chi connectivity index (χ0n) is 6.98. The fourth-order valence-electron chi connectivity index (χ4n) is 0.938. The molecule has 1 aromatic carbocycles. The molecule has 0 saturated heterocycles. The standard InChI is InChI=1S/C7H9N3O3/c1-13-7-3-6(10(11)12)4(8)2-5(7)9/h2-3H,8-9H2,1H3. The molecule has 0 radical (unpaired) electrons. The van der Waals surface area contributed by atoms with Gasteiger partial charge in [0.05, 0.1) is 23.8 Å². The molecule has 0 fully saturated rings. The summed E-state index contributed by atoms with van der Waals surface area (Å²) in [7, 11) is 1.38. The lowest BCUT2D eigenvalue weighted by molar-refractivity contribution is -0.383. The lowest BCUT2D eigenvalue weighted by Gasteiger charge is -2.04. The van der Waals surface area contributed by atoms with Gasteiger partial charge in [0.15, 0.2) is 0 Å². The van der Waals surface area contributed by atoms with Crippen molar-refractivity contribution in [1.29, 1.82) is 0 Å². The van der Waals surface area contributed by atoms with Crippen molar-refractivity contribution in [2.45, 2.75) is 0 Å². The average Bonchev–Trinajstić information content (AvgIpc) is 2.03. The Hall–Kier alpha value is -1.98. The smallest absolute Gasteiger partial charge is 0.295 e. The van der Waals surface area contributed by atoms with E-state index in [2.05, 4.69) is 0 Å². The van der Waals surface area contributed by atoms with Crippen LogP contribution in [0.5, 0.6) is 5.75 Å². The highest BCUT2D eigenvalue weighted by molar-refractivity contribution is 5.70. The number of benzene rings is 1. The van der Waals surface area contributed by atoms with Crippen LogP contribution in [0.3, 0.4) is 0 Å². The van der Waals surface area contributed by atoms with E-state index in [0.717, 1.165) is 0 Å². The van der Waals surface area contributed by atoms with Crippen LogP contribution in [0.2, 0.25) is 0 Å². The number of ether oxygens (including phenoxy) is 1. The molecule has 1 rings (SSSR count). The molecule has 0 aliphatic heterocycles. The molecule has 0 bridgehead atoms. The maximum absolute atomic E-state index is 10.4. The summed E-state index contributed by atoms with van der Waals surface area (Å²) in [5.74, 6) is 0.251. The van der Waals surface area contributed by atoms with E-state index in [1.165, 1.54) is 19.2 Å². The van der Waals surface area contributed by atoms with Crippen molar-refractivity contribution in [1.82, 2.24) is 0 Å². The molecular formula is C7H9N3O3. The van der Waals surface area contributed by atoms with Gasteiger partial charge >= 0.3 is 0 Å². The Bertz CT molecular complexity index is 351. The van der Waals surface area contributed by atoms with Crippen LogP contribution >= 0.6 is 0 Å². The molecule has 70 valence electrons. The van der Waals surface area contributed by atoms with Gasteiger partial charge in [0.2, 0.25) is 0 Å². The van der Waals surface area contributed by atoms with Crippen molar-refractivity contribution in [2.75, 3.05) is 18.6 Å². The van der Waals surface area contributed by atoms with Gasteiger partial charge < -0.3 is 16.2 Å². The summed E-state index contributed by atoms with van der Waals surface area (Å²) in [5, 5.41) is 10.4. The minimum atomic E-state index is -0.586. The summed E-state index contributed by atoms with van der Waals surface area (Å²) in [6, 6.07) is 2.50. The predicted octanol–water partition coefficient (Wildman–Crippen LogP) is 0.768. The van der Waals surface area contributed by atoms with Gasteiger partial charge in [-0.2, -0.15) is 0 Å². The Labute approximate surface area is 74.2 Å². The third-order valence-electron chi connectivity index (χ3n) is 1.58. The van der Waals surface area contributed by atoms with Crippen LogP contribution in [-0.2, 0) is 0 Å². The molecule has 6 nitrogen and oxygen atoms in total. The molecule has 0 aromatic heterocycles. The first-order valence-corrected chi connectivity index (χ1v) is 3.43. The molecule has 6 heteroatoms. The Morgan fingerprint density at radius 3 is 2.46 bits per heavy atom. The van der Waals surface area contributed by atoms with Gasteiger partial charge in [-0.3, -0.25) is 10.1 Å². The summed E-state index contributed by atoms with van der Waals surface area (Å²) in [4.78, 5) is 9.84. The molecule has 0 saturated carbocycles. The first-order chi connectivity index (χ1) is 6.06. The highest BCUT2D eigenvalue weighted by Crippen LogP contribution is 2.31. The Morgan fingerprint density at radius 1 is 1.38 bits per heavy atom. The topological polar surface area (TPSA) is 104 Å². The number of nitro benzene ring substituents is 1. The largest absolute Gasteiger partial charge is 0.494 e. The zero-order valence-corrected chi connectivity index (χ0v) is 6.98. The van der Waals surface area contributed by atoms with E-state index < -0.39 is 4.92 Å². The van der Waals surface area contributed by atoms with Crippen molar-refractivity contribution in [3.8, 4) is 5.75 Å². The Balaban J connectivity index is 3.30. The fraction of sp³-hybridized carbons (Fsp3) is 0.143. The lowest BCUT2D eigenvalue weighted by Crippen LogP contribution is -1.99. The van der Waals surface area contributed by atoms with Crippen LogP contribution in [0.4, 0.5) is 17.1 Å². The lowest BCUT2D eigenvalue weighted by atomic mass is 10.2. The third kappa shape index (κ3) is 1.61. The molecule has 0 unspecified atom stereocenters. The summed E-state index contributed by atoms with van der Waals surface area (Å²) < 4.78 is 4.81. The summed E-state index contributed by atoms with van der Waals surface area (Å²) in [6.07, 6.45) is 0. The Kier molecular flexibility index (Phi) is 2.23.